The zero-order valence-electron chi connectivity index (χ0n) is 11.5. The third-order valence-electron chi connectivity index (χ3n) is 3.19. The molecule has 102 valence electrons. The Balaban J connectivity index is 1.97. The highest BCUT2D eigenvalue weighted by Gasteiger charge is 2.05. The van der Waals surface area contributed by atoms with E-state index in [2.05, 4.69) is 11.2 Å². The fourth-order valence-corrected chi connectivity index (χ4v) is 2.12. The van der Waals surface area contributed by atoms with Gasteiger partial charge in [-0.15, -0.1) is 0 Å². The molecular formula is C17H13N3O. The molecule has 1 aromatic heterocycles. The lowest BCUT2D eigenvalue weighted by Gasteiger charge is -2.04. The highest BCUT2D eigenvalue weighted by Crippen LogP contribution is 2.21. The molecule has 0 aliphatic heterocycles. The molecule has 0 saturated heterocycles. The Morgan fingerprint density at radius 3 is 2.76 bits per heavy atom. The summed E-state index contributed by atoms with van der Waals surface area (Å²) < 4.78 is 7.01. The van der Waals surface area contributed by atoms with Gasteiger partial charge in [-0.3, -0.25) is 0 Å². The fraction of sp³-hybridized carbons (Fsp3) is 0.0588. The molecule has 2 aromatic carbocycles. The summed E-state index contributed by atoms with van der Waals surface area (Å²) in [6.45, 7) is 0. The van der Waals surface area contributed by atoms with Crippen LogP contribution in [-0.4, -0.2) is 16.9 Å². The minimum Gasteiger partial charge on any atom is -0.497 e. The molecule has 0 radical (unpaired) electrons. The molecule has 4 heteroatoms. The molecule has 1 heterocycles. The van der Waals surface area contributed by atoms with Gasteiger partial charge in [0.1, 0.15) is 5.75 Å². The zero-order valence-corrected chi connectivity index (χ0v) is 11.5. The number of nitrogens with zero attached hydrogens (tertiary/aromatic N) is 3. The van der Waals surface area contributed by atoms with Gasteiger partial charge >= 0.3 is 0 Å². The fourth-order valence-electron chi connectivity index (χ4n) is 2.12. The molecule has 0 spiro atoms. The molecule has 4 nitrogen and oxygen atoms in total. The van der Waals surface area contributed by atoms with E-state index in [9.17, 15) is 0 Å². The van der Waals surface area contributed by atoms with Crippen molar-refractivity contribution in [1.82, 2.24) is 9.78 Å². The average molecular weight is 275 g/mol. The quantitative estimate of drug-likeness (QED) is 0.736. The Bertz CT molecular complexity index is 815. The van der Waals surface area contributed by atoms with Gasteiger partial charge < -0.3 is 4.74 Å². The molecule has 0 bridgehead atoms. The number of ether oxygens (including phenoxy) is 1. The smallest absolute Gasteiger partial charge is 0.121 e. The van der Waals surface area contributed by atoms with Crippen LogP contribution in [0.2, 0.25) is 0 Å². The standard InChI is InChI=1S/C17H13N3O/c1-21-16-7-3-6-15(11-16)20-9-8-17(19-20)14-5-2-4-13(10-14)12-18/h2-11H,1H3. The van der Waals surface area contributed by atoms with Crippen molar-refractivity contribution < 1.29 is 4.74 Å². The van der Waals surface area contributed by atoms with Gasteiger partial charge in [0.25, 0.3) is 0 Å². The number of nitriles is 1. The normalized spacial score (nSPS) is 10.1. The first-order valence-corrected chi connectivity index (χ1v) is 6.51. The Kier molecular flexibility index (Phi) is 3.40. The van der Waals surface area contributed by atoms with Crippen LogP contribution >= 0.6 is 0 Å². The molecule has 0 saturated carbocycles. The first kappa shape index (κ1) is 12.9. The summed E-state index contributed by atoms with van der Waals surface area (Å²) in [5, 5.41) is 13.5. The van der Waals surface area contributed by atoms with Crippen LogP contribution in [0.4, 0.5) is 0 Å². The van der Waals surface area contributed by atoms with E-state index in [1.807, 2.05) is 54.7 Å². The summed E-state index contributed by atoms with van der Waals surface area (Å²) in [6.07, 6.45) is 1.89. The molecule has 0 unspecified atom stereocenters. The van der Waals surface area contributed by atoms with Gasteiger partial charge in [0, 0.05) is 17.8 Å². The monoisotopic (exact) mass is 275 g/mol. The summed E-state index contributed by atoms with van der Waals surface area (Å²) in [5.74, 6) is 0.788. The molecule has 3 rings (SSSR count). The third-order valence-corrected chi connectivity index (χ3v) is 3.19. The maximum atomic E-state index is 8.96. The summed E-state index contributed by atoms with van der Waals surface area (Å²) in [7, 11) is 1.64. The van der Waals surface area contributed by atoms with Crippen molar-refractivity contribution in [3.8, 4) is 28.8 Å². The molecule has 3 aromatic rings. The van der Waals surface area contributed by atoms with E-state index in [0.29, 0.717) is 5.56 Å². The van der Waals surface area contributed by atoms with Crippen LogP contribution in [0.3, 0.4) is 0 Å². The maximum Gasteiger partial charge on any atom is 0.121 e. The minimum atomic E-state index is 0.628. The maximum absolute atomic E-state index is 8.96. The van der Waals surface area contributed by atoms with Gasteiger partial charge in [-0.1, -0.05) is 18.2 Å². The summed E-state index contributed by atoms with van der Waals surface area (Å²) in [6, 6.07) is 19.2. The van der Waals surface area contributed by atoms with Crippen molar-refractivity contribution in [2.45, 2.75) is 0 Å². The van der Waals surface area contributed by atoms with Crippen molar-refractivity contribution in [3.05, 3.63) is 66.4 Å². The number of hydrogen-bond acceptors (Lipinski definition) is 3. The minimum absolute atomic E-state index is 0.628. The van der Waals surface area contributed by atoms with Crippen LogP contribution in [0.1, 0.15) is 5.56 Å². The second-order valence-corrected chi connectivity index (χ2v) is 4.54. The molecule has 0 aliphatic rings. The Morgan fingerprint density at radius 1 is 1.10 bits per heavy atom. The highest BCUT2D eigenvalue weighted by atomic mass is 16.5. The lowest BCUT2D eigenvalue weighted by molar-refractivity contribution is 0.414. The van der Waals surface area contributed by atoms with Crippen molar-refractivity contribution in [3.63, 3.8) is 0 Å². The van der Waals surface area contributed by atoms with E-state index in [1.165, 1.54) is 0 Å². The van der Waals surface area contributed by atoms with Gasteiger partial charge in [-0.25, -0.2) is 4.68 Å². The number of benzene rings is 2. The zero-order chi connectivity index (χ0) is 14.7. The van der Waals surface area contributed by atoms with Crippen molar-refractivity contribution in [2.75, 3.05) is 7.11 Å². The van der Waals surface area contributed by atoms with E-state index < -0.39 is 0 Å². The lowest BCUT2D eigenvalue weighted by atomic mass is 10.1. The van der Waals surface area contributed by atoms with E-state index in [1.54, 1.807) is 17.9 Å². The van der Waals surface area contributed by atoms with Gasteiger partial charge in [0.15, 0.2) is 0 Å². The number of hydrogen-bond donors (Lipinski definition) is 0. The Labute approximate surface area is 122 Å². The molecule has 0 amide bonds. The number of aromatic nitrogens is 2. The van der Waals surface area contributed by atoms with E-state index >= 15 is 0 Å². The van der Waals surface area contributed by atoms with Crippen LogP contribution in [0.5, 0.6) is 5.75 Å². The molecular weight excluding hydrogens is 262 g/mol. The summed E-state index contributed by atoms with van der Waals surface area (Å²) in [5.41, 5.74) is 3.31. The van der Waals surface area contributed by atoms with Gasteiger partial charge in [0.05, 0.1) is 30.1 Å². The topological polar surface area (TPSA) is 50.8 Å². The molecule has 21 heavy (non-hydrogen) atoms. The van der Waals surface area contributed by atoms with Crippen LogP contribution < -0.4 is 4.74 Å². The average Bonchev–Trinajstić information content (AvgIpc) is 3.05. The lowest BCUT2D eigenvalue weighted by Crippen LogP contribution is -1.95. The first-order valence-electron chi connectivity index (χ1n) is 6.51. The van der Waals surface area contributed by atoms with Crippen LogP contribution in [0.15, 0.2) is 60.8 Å². The van der Waals surface area contributed by atoms with Gasteiger partial charge in [-0.2, -0.15) is 10.4 Å². The Hall–Kier alpha value is -3.06. The highest BCUT2D eigenvalue weighted by molar-refractivity contribution is 5.61. The third kappa shape index (κ3) is 2.63. The SMILES string of the molecule is COc1cccc(-n2ccc(-c3cccc(C#N)c3)n2)c1. The molecule has 0 aliphatic carbocycles. The van der Waals surface area contributed by atoms with Crippen LogP contribution in [0, 0.1) is 11.3 Å². The number of rotatable bonds is 3. The van der Waals surface area contributed by atoms with Crippen molar-refractivity contribution in [2.24, 2.45) is 0 Å². The van der Waals surface area contributed by atoms with E-state index in [0.717, 1.165) is 22.7 Å². The van der Waals surface area contributed by atoms with Crippen molar-refractivity contribution in [1.29, 1.82) is 5.26 Å². The van der Waals surface area contributed by atoms with E-state index in [-0.39, 0.29) is 0 Å². The molecule has 0 N–H and O–H groups in total. The number of methoxy groups -OCH3 is 1. The predicted molar refractivity (Wildman–Crippen MR) is 80.3 cm³/mol. The Morgan fingerprint density at radius 2 is 1.95 bits per heavy atom. The second kappa shape index (κ2) is 5.51. The van der Waals surface area contributed by atoms with Gasteiger partial charge in [0.2, 0.25) is 0 Å². The molecule has 0 atom stereocenters. The molecule has 0 fully saturated rings. The largest absolute Gasteiger partial charge is 0.497 e. The van der Waals surface area contributed by atoms with Gasteiger partial charge in [-0.05, 0) is 30.3 Å². The van der Waals surface area contributed by atoms with Crippen LogP contribution in [-0.2, 0) is 0 Å². The summed E-state index contributed by atoms with van der Waals surface area (Å²) in [4.78, 5) is 0. The van der Waals surface area contributed by atoms with Crippen LogP contribution in [0.25, 0.3) is 16.9 Å². The predicted octanol–water partition coefficient (Wildman–Crippen LogP) is 3.42. The first-order chi connectivity index (χ1) is 10.3. The second-order valence-electron chi connectivity index (χ2n) is 4.54. The van der Waals surface area contributed by atoms with E-state index in [4.69, 9.17) is 10.00 Å². The summed E-state index contributed by atoms with van der Waals surface area (Å²) >= 11 is 0. The van der Waals surface area contributed by atoms with Crippen molar-refractivity contribution >= 4 is 0 Å².